The van der Waals surface area contributed by atoms with Gasteiger partial charge in [0.15, 0.2) is 0 Å². The minimum Gasteiger partial charge on any atom is -0.313 e. The van der Waals surface area contributed by atoms with Crippen LogP contribution in [0.1, 0.15) is 44.7 Å². The van der Waals surface area contributed by atoms with Crippen LogP contribution in [0.5, 0.6) is 0 Å². The first-order valence-corrected chi connectivity index (χ1v) is 7.33. The number of rotatable bonds is 5. The maximum absolute atomic E-state index is 3.67. The largest absolute Gasteiger partial charge is 0.313 e. The summed E-state index contributed by atoms with van der Waals surface area (Å²) < 4.78 is 0. The fourth-order valence-corrected chi connectivity index (χ4v) is 2.82. The minimum absolute atomic E-state index is 0.539. The van der Waals surface area contributed by atoms with Crippen molar-refractivity contribution in [3.63, 3.8) is 0 Å². The lowest BCUT2D eigenvalue weighted by molar-refractivity contribution is 0.146. The molecule has 1 aromatic carbocycles. The molecule has 0 bridgehead atoms. The SMILES string of the molecule is CCCNC1CCCN(C(C)c2ccccc2)C1. The number of benzene rings is 1. The zero-order chi connectivity index (χ0) is 12.8. The monoisotopic (exact) mass is 246 g/mol. The van der Waals surface area contributed by atoms with Crippen molar-refractivity contribution in [2.24, 2.45) is 0 Å². The van der Waals surface area contributed by atoms with Crippen molar-refractivity contribution in [2.45, 2.75) is 45.2 Å². The van der Waals surface area contributed by atoms with E-state index in [1.54, 1.807) is 0 Å². The molecule has 1 fully saturated rings. The number of hydrogen-bond acceptors (Lipinski definition) is 2. The van der Waals surface area contributed by atoms with Gasteiger partial charge < -0.3 is 5.32 Å². The van der Waals surface area contributed by atoms with Crippen molar-refractivity contribution in [3.05, 3.63) is 35.9 Å². The normalized spacial score (nSPS) is 22.9. The number of hydrogen-bond donors (Lipinski definition) is 1. The highest BCUT2D eigenvalue weighted by Crippen LogP contribution is 2.23. The Balaban J connectivity index is 1.92. The van der Waals surface area contributed by atoms with Crippen LogP contribution in [0.25, 0.3) is 0 Å². The van der Waals surface area contributed by atoms with E-state index < -0.39 is 0 Å². The Labute approximate surface area is 111 Å². The highest BCUT2D eigenvalue weighted by atomic mass is 15.2. The van der Waals surface area contributed by atoms with Gasteiger partial charge in [-0.1, -0.05) is 37.3 Å². The summed E-state index contributed by atoms with van der Waals surface area (Å²) in [6, 6.07) is 12.1. The molecule has 2 rings (SSSR count). The molecule has 2 unspecified atom stereocenters. The molecule has 1 aliphatic rings. The molecule has 2 atom stereocenters. The lowest BCUT2D eigenvalue weighted by Crippen LogP contribution is -2.46. The van der Waals surface area contributed by atoms with Gasteiger partial charge in [-0.25, -0.2) is 0 Å². The van der Waals surface area contributed by atoms with Crippen molar-refractivity contribution in [1.29, 1.82) is 0 Å². The van der Waals surface area contributed by atoms with Gasteiger partial charge in [-0.2, -0.15) is 0 Å². The highest BCUT2D eigenvalue weighted by molar-refractivity contribution is 5.18. The van der Waals surface area contributed by atoms with Crippen molar-refractivity contribution in [3.8, 4) is 0 Å². The van der Waals surface area contributed by atoms with E-state index in [2.05, 4.69) is 54.4 Å². The Kier molecular flexibility index (Phi) is 5.21. The number of nitrogens with zero attached hydrogens (tertiary/aromatic N) is 1. The molecule has 1 aromatic rings. The van der Waals surface area contributed by atoms with Crippen LogP contribution in [-0.4, -0.2) is 30.6 Å². The van der Waals surface area contributed by atoms with Crippen LogP contribution in [0.4, 0.5) is 0 Å². The molecule has 0 aliphatic carbocycles. The van der Waals surface area contributed by atoms with Gasteiger partial charge in [0, 0.05) is 18.6 Å². The molecule has 18 heavy (non-hydrogen) atoms. The van der Waals surface area contributed by atoms with Crippen LogP contribution in [-0.2, 0) is 0 Å². The maximum Gasteiger partial charge on any atom is 0.0320 e. The molecule has 0 radical (unpaired) electrons. The Morgan fingerprint density at radius 2 is 2.11 bits per heavy atom. The summed E-state index contributed by atoms with van der Waals surface area (Å²) in [6.07, 6.45) is 3.88. The van der Waals surface area contributed by atoms with E-state index >= 15 is 0 Å². The lowest BCUT2D eigenvalue weighted by atomic mass is 10.0. The first kappa shape index (κ1) is 13.6. The van der Waals surface area contributed by atoms with E-state index in [0.29, 0.717) is 12.1 Å². The van der Waals surface area contributed by atoms with Crippen LogP contribution < -0.4 is 5.32 Å². The standard InChI is InChI=1S/C16H26N2/c1-3-11-17-16-10-7-12-18(13-16)14(2)15-8-5-4-6-9-15/h4-6,8-9,14,16-17H,3,7,10-13H2,1-2H3. The maximum atomic E-state index is 3.67. The lowest BCUT2D eigenvalue weighted by Gasteiger charge is -2.37. The van der Waals surface area contributed by atoms with E-state index in [1.165, 1.54) is 37.9 Å². The van der Waals surface area contributed by atoms with E-state index in [-0.39, 0.29) is 0 Å². The average Bonchev–Trinajstić information content (AvgIpc) is 2.45. The van der Waals surface area contributed by atoms with Gasteiger partial charge in [0.2, 0.25) is 0 Å². The molecule has 100 valence electrons. The number of likely N-dealkylation sites (tertiary alicyclic amines) is 1. The second kappa shape index (κ2) is 6.91. The van der Waals surface area contributed by atoms with Crippen LogP contribution >= 0.6 is 0 Å². The fourth-order valence-electron chi connectivity index (χ4n) is 2.82. The number of nitrogens with one attached hydrogen (secondary N) is 1. The van der Waals surface area contributed by atoms with Gasteiger partial charge in [-0.3, -0.25) is 4.90 Å². The van der Waals surface area contributed by atoms with Gasteiger partial charge in [0.25, 0.3) is 0 Å². The Morgan fingerprint density at radius 1 is 1.33 bits per heavy atom. The first-order chi connectivity index (χ1) is 8.81. The Hall–Kier alpha value is -0.860. The summed E-state index contributed by atoms with van der Waals surface area (Å²) >= 11 is 0. The highest BCUT2D eigenvalue weighted by Gasteiger charge is 2.23. The average molecular weight is 246 g/mol. The van der Waals surface area contributed by atoms with Crippen LogP contribution in [0.15, 0.2) is 30.3 Å². The van der Waals surface area contributed by atoms with Crippen molar-refractivity contribution >= 4 is 0 Å². The van der Waals surface area contributed by atoms with Crippen molar-refractivity contribution in [1.82, 2.24) is 10.2 Å². The van der Waals surface area contributed by atoms with Crippen LogP contribution in [0.3, 0.4) is 0 Å². The van der Waals surface area contributed by atoms with Crippen LogP contribution in [0.2, 0.25) is 0 Å². The van der Waals surface area contributed by atoms with E-state index in [9.17, 15) is 0 Å². The van der Waals surface area contributed by atoms with E-state index in [0.717, 1.165) is 6.54 Å². The third-order valence-electron chi connectivity index (χ3n) is 3.97. The molecule has 0 amide bonds. The van der Waals surface area contributed by atoms with Gasteiger partial charge in [0.1, 0.15) is 0 Å². The topological polar surface area (TPSA) is 15.3 Å². The summed E-state index contributed by atoms with van der Waals surface area (Å²) in [5, 5.41) is 3.67. The minimum atomic E-state index is 0.539. The molecule has 1 N–H and O–H groups in total. The van der Waals surface area contributed by atoms with Gasteiger partial charge in [-0.05, 0) is 44.8 Å². The van der Waals surface area contributed by atoms with E-state index in [4.69, 9.17) is 0 Å². The third-order valence-corrected chi connectivity index (χ3v) is 3.97. The van der Waals surface area contributed by atoms with Gasteiger partial charge in [-0.15, -0.1) is 0 Å². The molecule has 0 saturated carbocycles. The second-order valence-corrected chi connectivity index (χ2v) is 5.37. The fraction of sp³-hybridized carbons (Fsp3) is 0.625. The number of piperidine rings is 1. The van der Waals surface area contributed by atoms with Crippen molar-refractivity contribution < 1.29 is 0 Å². The Bertz CT molecular complexity index is 336. The molecule has 1 saturated heterocycles. The summed E-state index contributed by atoms with van der Waals surface area (Å²) in [6.45, 7) is 8.15. The molecule has 0 spiro atoms. The zero-order valence-corrected chi connectivity index (χ0v) is 11.7. The quantitative estimate of drug-likeness (QED) is 0.858. The first-order valence-electron chi connectivity index (χ1n) is 7.33. The Morgan fingerprint density at radius 3 is 2.83 bits per heavy atom. The summed E-state index contributed by atoms with van der Waals surface area (Å²) in [4.78, 5) is 2.62. The third kappa shape index (κ3) is 3.56. The smallest absolute Gasteiger partial charge is 0.0320 e. The summed E-state index contributed by atoms with van der Waals surface area (Å²) in [5.41, 5.74) is 1.44. The van der Waals surface area contributed by atoms with E-state index in [1.807, 2.05) is 0 Å². The predicted octanol–water partition coefficient (Wildman–Crippen LogP) is 3.21. The van der Waals surface area contributed by atoms with Gasteiger partial charge in [0.05, 0.1) is 0 Å². The molecular weight excluding hydrogens is 220 g/mol. The second-order valence-electron chi connectivity index (χ2n) is 5.37. The molecule has 2 heteroatoms. The zero-order valence-electron chi connectivity index (χ0n) is 11.7. The molecule has 2 nitrogen and oxygen atoms in total. The molecular formula is C16H26N2. The predicted molar refractivity (Wildman–Crippen MR) is 77.7 cm³/mol. The van der Waals surface area contributed by atoms with Crippen molar-refractivity contribution in [2.75, 3.05) is 19.6 Å². The summed E-state index contributed by atoms with van der Waals surface area (Å²) in [7, 11) is 0. The van der Waals surface area contributed by atoms with Gasteiger partial charge >= 0.3 is 0 Å². The molecule has 1 heterocycles. The van der Waals surface area contributed by atoms with Crippen LogP contribution in [0, 0.1) is 0 Å². The summed E-state index contributed by atoms with van der Waals surface area (Å²) in [5.74, 6) is 0. The molecule has 0 aromatic heterocycles. The molecule has 1 aliphatic heterocycles.